The number of rotatable bonds is 7. The van der Waals surface area contributed by atoms with E-state index in [-0.39, 0.29) is 24.1 Å². The maximum absolute atomic E-state index is 12.3. The summed E-state index contributed by atoms with van der Waals surface area (Å²) in [7, 11) is 0. The molecule has 24 heavy (non-hydrogen) atoms. The van der Waals surface area contributed by atoms with Gasteiger partial charge in [0.05, 0.1) is 11.6 Å². The lowest BCUT2D eigenvalue weighted by Gasteiger charge is -2.19. The number of benzene rings is 2. The van der Waals surface area contributed by atoms with Crippen molar-refractivity contribution in [2.24, 2.45) is 11.7 Å². The van der Waals surface area contributed by atoms with Crippen LogP contribution in [0.4, 0.5) is 0 Å². The quantitative estimate of drug-likeness (QED) is 0.821. The van der Waals surface area contributed by atoms with Crippen molar-refractivity contribution in [3.8, 4) is 5.75 Å². The van der Waals surface area contributed by atoms with E-state index < -0.39 is 5.91 Å². The molecule has 0 aliphatic heterocycles. The minimum Gasteiger partial charge on any atom is -0.483 e. The van der Waals surface area contributed by atoms with Crippen LogP contribution in [0.1, 0.15) is 34.8 Å². The average molecular weight is 324 g/mol. The van der Waals surface area contributed by atoms with Crippen molar-refractivity contribution >= 4 is 11.8 Å². The van der Waals surface area contributed by atoms with E-state index in [4.69, 9.17) is 10.5 Å². The van der Waals surface area contributed by atoms with E-state index in [1.54, 1.807) is 24.3 Å². The lowest BCUT2D eigenvalue weighted by atomic mass is 10.0. The topological polar surface area (TPSA) is 81.4 Å². The van der Waals surface area contributed by atoms with Crippen LogP contribution < -0.4 is 15.8 Å². The van der Waals surface area contributed by atoms with Gasteiger partial charge in [0.2, 0.25) is 0 Å². The second-order valence-corrected chi connectivity index (χ2v) is 5.94. The highest BCUT2D eigenvalue weighted by Crippen LogP contribution is 2.40. The SMILES string of the molecule is NC(=O)c1ccccc1OCC(=O)N[C@@H](c1ccccc1)C1CC1. The Bertz CT molecular complexity index is 726. The van der Waals surface area contributed by atoms with Gasteiger partial charge < -0.3 is 15.8 Å². The molecule has 0 radical (unpaired) electrons. The van der Waals surface area contributed by atoms with E-state index in [1.807, 2.05) is 30.3 Å². The smallest absolute Gasteiger partial charge is 0.258 e. The van der Waals surface area contributed by atoms with Crippen LogP contribution in [0.2, 0.25) is 0 Å². The van der Waals surface area contributed by atoms with E-state index in [1.165, 1.54) is 0 Å². The predicted molar refractivity (Wildman–Crippen MR) is 90.5 cm³/mol. The first-order valence-electron chi connectivity index (χ1n) is 8.01. The van der Waals surface area contributed by atoms with Gasteiger partial charge in [-0.1, -0.05) is 42.5 Å². The van der Waals surface area contributed by atoms with Crippen LogP contribution in [0.3, 0.4) is 0 Å². The molecule has 5 nitrogen and oxygen atoms in total. The van der Waals surface area contributed by atoms with Crippen molar-refractivity contribution in [2.75, 3.05) is 6.61 Å². The molecule has 124 valence electrons. The van der Waals surface area contributed by atoms with Gasteiger partial charge in [-0.3, -0.25) is 9.59 Å². The Labute approximate surface area is 140 Å². The van der Waals surface area contributed by atoms with Gasteiger partial charge in [-0.15, -0.1) is 0 Å². The van der Waals surface area contributed by atoms with E-state index in [9.17, 15) is 9.59 Å². The Morgan fingerprint density at radius 1 is 1.08 bits per heavy atom. The van der Waals surface area contributed by atoms with E-state index >= 15 is 0 Å². The molecule has 1 aliphatic rings. The van der Waals surface area contributed by atoms with E-state index in [0.29, 0.717) is 11.7 Å². The highest BCUT2D eigenvalue weighted by molar-refractivity contribution is 5.95. The number of nitrogens with one attached hydrogen (secondary N) is 1. The number of hydrogen-bond acceptors (Lipinski definition) is 3. The molecule has 1 atom stereocenters. The first-order chi connectivity index (χ1) is 11.6. The van der Waals surface area contributed by atoms with Crippen molar-refractivity contribution in [3.05, 3.63) is 65.7 Å². The van der Waals surface area contributed by atoms with Crippen LogP contribution in [0.25, 0.3) is 0 Å². The molecule has 0 bridgehead atoms. The Kier molecular flexibility index (Phi) is 4.79. The van der Waals surface area contributed by atoms with Crippen LogP contribution in [-0.2, 0) is 4.79 Å². The number of nitrogens with two attached hydrogens (primary N) is 1. The first-order valence-corrected chi connectivity index (χ1v) is 8.01. The van der Waals surface area contributed by atoms with Gasteiger partial charge in [0.15, 0.2) is 6.61 Å². The number of hydrogen-bond donors (Lipinski definition) is 2. The Morgan fingerprint density at radius 2 is 1.75 bits per heavy atom. The lowest BCUT2D eigenvalue weighted by molar-refractivity contribution is -0.124. The number of carbonyl (C=O) groups excluding carboxylic acids is 2. The number of primary amides is 1. The molecule has 1 saturated carbocycles. The molecule has 0 aromatic heterocycles. The molecule has 2 aromatic rings. The molecule has 1 fully saturated rings. The van der Waals surface area contributed by atoms with Gasteiger partial charge in [-0.2, -0.15) is 0 Å². The summed E-state index contributed by atoms with van der Waals surface area (Å²) in [6.45, 7) is -0.152. The molecular formula is C19H20N2O3. The summed E-state index contributed by atoms with van der Waals surface area (Å²) in [5.74, 6) is 0.0123. The Morgan fingerprint density at radius 3 is 2.42 bits per heavy atom. The molecule has 5 heteroatoms. The molecule has 0 spiro atoms. The molecule has 2 aromatic carbocycles. The van der Waals surface area contributed by atoms with Crippen molar-refractivity contribution in [1.29, 1.82) is 0 Å². The fourth-order valence-corrected chi connectivity index (χ4v) is 2.72. The Balaban J connectivity index is 1.62. The number of carbonyl (C=O) groups is 2. The van der Waals surface area contributed by atoms with Crippen LogP contribution >= 0.6 is 0 Å². The van der Waals surface area contributed by atoms with Gasteiger partial charge in [-0.05, 0) is 36.5 Å². The first kappa shape index (κ1) is 16.1. The molecule has 0 heterocycles. The normalized spacial score (nSPS) is 14.7. The number of amides is 2. The lowest BCUT2D eigenvalue weighted by Crippen LogP contribution is -2.34. The third kappa shape index (κ3) is 3.93. The van der Waals surface area contributed by atoms with Gasteiger partial charge >= 0.3 is 0 Å². The highest BCUT2D eigenvalue weighted by atomic mass is 16.5. The molecular weight excluding hydrogens is 304 g/mol. The maximum atomic E-state index is 12.3. The van der Waals surface area contributed by atoms with Gasteiger partial charge in [0.25, 0.3) is 11.8 Å². The second kappa shape index (κ2) is 7.17. The summed E-state index contributed by atoms with van der Waals surface area (Å²) < 4.78 is 5.48. The summed E-state index contributed by atoms with van der Waals surface area (Å²) in [6, 6.07) is 16.6. The third-order valence-corrected chi connectivity index (χ3v) is 4.08. The van der Waals surface area contributed by atoms with Crippen LogP contribution in [0.5, 0.6) is 5.75 Å². The number of para-hydroxylation sites is 1. The van der Waals surface area contributed by atoms with Crippen molar-refractivity contribution in [1.82, 2.24) is 5.32 Å². The summed E-state index contributed by atoms with van der Waals surface area (Å²) >= 11 is 0. The van der Waals surface area contributed by atoms with Crippen LogP contribution in [0, 0.1) is 5.92 Å². The zero-order chi connectivity index (χ0) is 16.9. The monoisotopic (exact) mass is 324 g/mol. The van der Waals surface area contributed by atoms with Crippen molar-refractivity contribution < 1.29 is 14.3 Å². The predicted octanol–water partition coefficient (Wildman–Crippen LogP) is 2.43. The fourth-order valence-electron chi connectivity index (χ4n) is 2.72. The third-order valence-electron chi connectivity index (χ3n) is 4.08. The van der Waals surface area contributed by atoms with Gasteiger partial charge in [0.1, 0.15) is 5.75 Å². The highest BCUT2D eigenvalue weighted by Gasteiger charge is 2.33. The van der Waals surface area contributed by atoms with Gasteiger partial charge in [0, 0.05) is 0 Å². The van der Waals surface area contributed by atoms with Gasteiger partial charge in [-0.25, -0.2) is 0 Å². The molecule has 2 amide bonds. The molecule has 0 saturated heterocycles. The second-order valence-electron chi connectivity index (χ2n) is 5.94. The largest absolute Gasteiger partial charge is 0.483 e. The summed E-state index contributed by atoms with van der Waals surface area (Å²) in [5.41, 5.74) is 6.68. The zero-order valence-electron chi connectivity index (χ0n) is 13.3. The van der Waals surface area contributed by atoms with E-state index in [0.717, 1.165) is 18.4 Å². The molecule has 3 rings (SSSR count). The minimum atomic E-state index is -0.578. The molecule has 0 unspecified atom stereocenters. The number of ether oxygens (including phenoxy) is 1. The Hall–Kier alpha value is -2.82. The van der Waals surface area contributed by atoms with Crippen LogP contribution in [-0.4, -0.2) is 18.4 Å². The minimum absolute atomic E-state index is 0.00804. The summed E-state index contributed by atoms with van der Waals surface area (Å²) in [5, 5.41) is 3.03. The molecule has 1 aliphatic carbocycles. The molecule has 3 N–H and O–H groups in total. The maximum Gasteiger partial charge on any atom is 0.258 e. The standard InChI is InChI=1S/C19H20N2O3/c20-19(23)15-8-4-5-9-16(15)24-12-17(22)21-18(14-10-11-14)13-6-2-1-3-7-13/h1-9,14,18H,10-12H2,(H2,20,23)(H,21,22)/t18-/m0/s1. The summed E-state index contributed by atoms with van der Waals surface area (Å²) in [6.07, 6.45) is 2.23. The zero-order valence-corrected chi connectivity index (χ0v) is 13.3. The average Bonchev–Trinajstić information content (AvgIpc) is 3.43. The van der Waals surface area contributed by atoms with Crippen molar-refractivity contribution in [2.45, 2.75) is 18.9 Å². The van der Waals surface area contributed by atoms with Crippen LogP contribution in [0.15, 0.2) is 54.6 Å². The fraction of sp³-hybridized carbons (Fsp3) is 0.263. The van der Waals surface area contributed by atoms with E-state index in [2.05, 4.69) is 5.32 Å². The summed E-state index contributed by atoms with van der Waals surface area (Å²) in [4.78, 5) is 23.6. The van der Waals surface area contributed by atoms with Crippen molar-refractivity contribution in [3.63, 3.8) is 0 Å².